The normalized spacial score (nSPS) is 11.7. The van der Waals surface area contributed by atoms with Gasteiger partial charge in [-0.15, -0.1) is 0 Å². The zero-order valence-electron chi connectivity index (χ0n) is 19.5. The quantitative estimate of drug-likeness (QED) is 0.376. The molecule has 0 bridgehead atoms. The second kappa shape index (κ2) is 12.7. The minimum absolute atomic E-state index is 0.237. The van der Waals surface area contributed by atoms with Crippen molar-refractivity contribution in [3.8, 4) is 5.69 Å². The number of benzene rings is 2. The summed E-state index contributed by atoms with van der Waals surface area (Å²) in [5.74, 6) is -0.568. The number of hydrogen-bond acceptors (Lipinski definition) is 3. The first-order chi connectivity index (χ1) is 15.7. The molecule has 2 N–H and O–H groups in total. The van der Waals surface area contributed by atoms with Crippen molar-refractivity contribution in [3.63, 3.8) is 0 Å². The van der Waals surface area contributed by atoms with Crippen molar-refractivity contribution in [3.05, 3.63) is 98.1 Å². The average molecular weight is 503 g/mol. The molecule has 0 spiro atoms. The summed E-state index contributed by atoms with van der Waals surface area (Å²) in [5, 5.41) is 5.09. The Bertz CT molecular complexity index is 1170. The van der Waals surface area contributed by atoms with Crippen LogP contribution in [-0.4, -0.2) is 15.7 Å². The van der Waals surface area contributed by atoms with Gasteiger partial charge in [0.05, 0.1) is 15.7 Å². The Morgan fingerprint density at radius 2 is 1.79 bits per heavy atom. The number of aryl methyl sites for hydroxylation is 2. The lowest BCUT2D eigenvalue weighted by Gasteiger charge is -2.13. The van der Waals surface area contributed by atoms with Crippen molar-refractivity contribution in [1.82, 2.24) is 9.78 Å². The van der Waals surface area contributed by atoms with Gasteiger partial charge in [0.1, 0.15) is 0 Å². The summed E-state index contributed by atoms with van der Waals surface area (Å²) in [6.07, 6.45) is 4.89. The number of primary amides is 1. The molecule has 0 radical (unpaired) electrons. The molecule has 0 aliphatic rings. The van der Waals surface area contributed by atoms with Crippen molar-refractivity contribution in [2.24, 2.45) is 5.73 Å². The number of halogens is 2. The fourth-order valence-corrected chi connectivity index (χ4v) is 4.43. The highest BCUT2D eigenvalue weighted by atomic mass is 35.5. The van der Waals surface area contributed by atoms with Crippen LogP contribution in [0.2, 0.25) is 5.02 Å². The van der Waals surface area contributed by atoms with Crippen molar-refractivity contribution in [2.75, 3.05) is 0 Å². The fourth-order valence-electron chi connectivity index (χ4n) is 3.17. The van der Waals surface area contributed by atoms with Gasteiger partial charge in [0.2, 0.25) is 0 Å². The predicted molar refractivity (Wildman–Crippen MR) is 143 cm³/mol. The van der Waals surface area contributed by atoms with Gasteiger partial charge in [0.15, 0.2) is 5.69 Å². The van der Waals surface area contributed by atoms with Gasteiger partial charge < -0.3 is 5.73 Å². The van der Waals surface area contributed by atoms with E-state index in [0.717, 1.165) is 28.3 Å². The van der Waals surface area contributed by atoms with Gasteiger partial charge in [-0.25, -0.2) is 4.68 Å². The Kier molecular flexibility index (Phi) is 10.3. The molecule has 0 atom stereocenters. The van der Waals surface area contributed by atoms with Gasteiger partial charge in [-0.2, -0.15) is 5.10 Å². The molecule has 0 aliphatic heterocycles. The highest BCUT2D eigenvalue weighted by molar-refractivity contribution is 8.13. The molecule has 0 fully saturated rings. The first-order valence-corrected chi connectivity index (χ1v) is 12.2. The van der Waals surface area contributed by atoms with Gasteiger partial charge in [0, 0.05) is 15.5 Å². The highest BCUT2D eigenvalue weighted by Gasteiger charge is 2.23. The highest BCUT2D eigenvalue weighted by Crippen LogP contribution is 2.39. The monoisotopic (exact) mass is 501 g/mol. The zero-order valence-corrected chi connectivity index (χ0v) is 21.9. The van der Waals surface area contributed by atoms with Crippen LogP contribution in [0.15, 0.2) is 65.0 Å². The largest absolute Gasteiger partial charge is 0.364 e. The number of carbonyl (C=O) groups is 1. The molecule has 1 aromatic heterocycles. The molecule has 4 nitrogen and oxygen atoms in total. The van der Waals surface area contributed by atoms with Crippen LogP contribution in [0.1, 0.15) is 53.6 Å². The van der Waals surface area contributed by atoms with Crippen LogP contribution < -0.4 is 5.73 Å². The molecule has 2 aromatic carbocycles. The van der Waals surface area contributed by atoms with Gasteiger partial charge >= 0.3 is 0 Å². The molecule has 0 aliphatic carbocycles. The van der Waals surface area contributed by atoms with E-state index in [0.29, 0.717) is 15.0 Å². The molecule has 0 saturated carbocycles. The topological polar surface area (TPSA) is 60.9 Å². The van der Waals surface area contributed by atoms with Crippen LogP contribution in [0.25, 0.3) is 10.6 Å². The Hall–Kier alpha value is -2.47. The summed E-state index contributed by atoms with van der Waals surface area (Å²) in [5.41, 5.74) is 10.4. The van der Waals surface area contributed by atoms with Gasteiger partial charge in [0.25, 0.3) is 5.91 Å². The van der Waals surface area contributed by atoms with Crippen molar-refractivity contribution in [1.29, 1.82) is 0 Å². The van der Waals surface area contributed by atoms with E-state index in [1.54, 1.807) is 10.7 Å². The van der Waals surface area contributed by atoms with E-state index in [2.05, 4.69) is 36.3 Å². The third-order valence-corrected chi connectivity index (χ3v) is 6.69. The molecule has 3 aromatic rings. The summed E-state index contributed by atoms with van der Waals surface area (Å²) >= 11 is 13.7. The predicted octanol–water partition coefficient (Wildman–Crippen LogP) is 7.68. The zero-order chi connectivity index (χ0) is 24.5. The van der Waals surface area contributed by atoms with E-state index in [-0.39, 0.29) is 5.69 Å². The number of aromatic nitrogens is 2. The average Bonchev–Trinajstić information content (AvgIpc) is 3.15. The Morgan fingerprint density at radius 1 is 1.12 bits per heavy atom. The molecule has 33 heavy (non-hydrogen) atoms. The fraction of sp³-hybridized carbons (Fsp3) is 0.231. The number of amides is 1. The molecule has 3 rings (SSSR count). The second-order valence-electron chi connectivity index (χ2n) is 7.22. The van der Waals surface area contributed by atoms with E-state index < -0.39 is 5.91 Å². The number of nitrogens with zero attached hydrogens (tertiary/aromatic N) is 2. The Labute approximate surface area is 210 Å². The molecule has 0 saturated heterocycles. The standard InChI is InChI=1S/C18H19Cl2N3OS.C8H10/c1-5-14(25-15(20)6-2)17-11(4)16(18(21)24)22-23(17)13-8-7-12(19)9-10(13)3;1-2-8-6-4-3-5-7-8/h5-9H,1-4H3,(H2,21,24);3-7H,2H2,1H3/b14-5-,15-6-;. The molecular weight excluding hydrogens is 473 g/mol. The number of hydrogen-bond donors (Lipinski definition) is 1. The van der Waals surface area contributed by atoms with Gasteiger partial charge in [-0.3, -0.25) is 4.79 Å². The number of thioether (sulfide) groups is 1. The summed E-state index contributed by atoms with van der Waals surface area (Å²) in [4.78, 5) is 12.7. The summed E-state index contributed by atoms with van der Waals surface area (Å²) in [6, 6.07) is 16.0. The lowest BCUT2D eigenvalue weighted by molar-refractivity contribution is 0.0994. The molecule has 1 amide bonds. The van der Waals surface area contributed by atoms with Crippen molar-refractivity contribution < 1.29 is 4.79 Å². The van der Waals surface area contributed by atoms with E-state index in [9.17, 15) is 4.79 Å². The SMILES string of the molecule is C/C=C(\S/C(Cl)=C\C)c1c(C)c(C(N)=O)nn1-c1ccc(Cl)cc1C.CCc1ccccc1. The van der Waals surface area contributed by atoms with Crippen LogP contribution >= 0.6 is 35.0 Å². The third kappa shape index (κ3) is 7.00. The number of allylic oxidation sites excluding steroid dienone is 2. The second-order valence-corrected chi connectivity index (χ2v) is 9.37. The van der Waals surface area contributed by atoms with E-state index in [1.807, 2.05) is 58.0 Å². The smallest absolute Gasteiger partial charge is 0.269 e. The first kappa shape index (κ1) is 26.8. The maximum atomic E-state index is 11.8. The summed E-state index contributed by atoms with van der Waals surface area (Å²) in [7, 11) is 0. The minimum atomic E-state index is -0.568. The van der Waals surface area contributed by atoms with Gasteiger partial charge in [-0.05, 0) is 63.4 Å². The lowest BCUT2D eigenvalue weighted by Crippen LogP contribution is -2.13. The Balaban J connectivity index is 0.000000405. The maximum Gasteiger partial charge on any atom is 0.269 e. The molecule has 1 heterocycles. The van der Waals surface area contributed by atoms with E-state index >= 15 is 0 Å². The third-order valence-electron chi connectivity index (χ3n) is 4.92. The minimum Gasteiger partial charge on any atom is -0.364 e. The summed E-state index contributed by atoms with van der Waals surface area (Å²) in [6.45, 7) is 9.71. The van der Waals surface area contributed by atoms with Crippen LogP contribution in [0.3, 0.4) is 0 Å². The Morgan fingerprint density at radius 3 is 2.27 bits per heavy atom. The van der Waals surface area contributed by atoms with Crippen molar-refractivity contribution >= 4 is 45.8 Å². The lowest BCUT2D eigenvalue weighted by atomic mass is 10.1. The van der Waals surface area contributed by atoms with Crippen molar-refractivity contribution in [2.45, 2.75) is 41.0 Å². The molecule has 7 heteroatoms. The van der Waals surface area contributed by atoms with E-state index in [4.69, 9.17) is 28.9 Å². The number of carbonyl (C=O) groups excluding carboxylic acids is 1. The number of nitrogens with two attached hydrogens (primary N) is 1. The van der Waals surface area contributed by atoms with Crippen LogP contribution in [-0.2, 0) is 6.42 Å². The molecule has 0 unspecified atom stereocenters. The first-order valence-electron chi connectivity index (χ1n) is 10.6. The van der Waals surface area contributed by atoms with Crippen LogP contribution in [0, 0.1) is 13.8 Å². The van der Waals surface area contributed by atoms with Crippen LogP contribution in [0.4, 0.5) is 0 Å². The van der Waals surface area contributed by atoms with E-state index in [1.165, 1.54) is 17.3 Å². The molecule has 174 valence electrons. The molecular formula is C26H29Cl2N3OS. The maximum absolute atomic E-state index is 11.8. The summed E-state index contributed by atoms with van der Waals surface area (Å²) < 4.78 is 2.36. The van der Waals surface area contributed by atoms with Crippen LogP contribution in [0.5, 0.6) is 0 Å². The van der Waals surface area contributed by atoms with Gasteiger partial charge in [-0.1, -0.05) is 84.4 Å². The number of rotatable bonds is 6.